The van der Waals surface area contributed by atoms with Crippen LogP contribution in [0.3, 0.4) is 0 Å². The summed E-state index contributed by atoms with van der Waals surface area (Å²) in [5.41, 5.74) is 1.39. The van der Waals surface area contributed by atoms with E-state index < -0.39 is 5.97 Å². The van der Waals surface area contributed by atoms with Crippen molar-refractivity contribution in [3.63, 3.8) is 0 Å². The average molecular weight is 316 g/mol. The van der Waals surface area contributed by atoms with E-state index >= 15 is 0 Å². The molecule has 22 heavy (non-hydrogen) atoms. The van der Waals surface area contributed by atoms with Gasteiger partial charge in [0.1, 0.15) is 10.7 Å². The van der Waals surface area contributed by atoms with Crippen molar-refractivity contribution in [2.75, 3.05) is 6.54 Å². The predicted molar refractivity (Wildman–Crippen MR) is 83.9 cm³/mol. The second-order valence-electron chi connectivity index (χ2n) is 5.30. The Kier molecular flexibility index (Phi) is 4.20. The second kappa shape index (κ2) is 6.27. The van der Waals surface area contributed by atoms with E-state index in [1.165, 1.54) is 11.3 Å². The molecule has 1 N–H and O–H groups in total. The number of hydrogen-bond donors (Lipinski definition) is 1. The first-order valence-corrected chi connectivity index (χ1v) is 8.07. The molecule has 1 aliphatic heterocycles. The molecule has 1 amide bonds. The van der Waals surface area contributed by atoms with Crippen LogP contribution in [0.5, 0.6) is 0 Å². The van der Waals surface area contributed by atoms with Gasteiger partial charge in [-0.25, -0.2) is 4.98 Å². The van der Waals surface area contributed by atoms with Crippen molar-refractivity contribution in [3.8, 4) is 10.6 Å². The molecule has 1 atom stereocenters. The third kappa shape index (κ3) is 3.01. The fourth-order valence-electron chi connectivity index (χ4n) is 2.75. The molecule has 1 aromatic heterocycles. The molecule has 0 saturated carbocycles. The number of carboxylic acid groups (broad SMARTS) is 1. The number of aliphatic carboxylic acids is 1. The van der Waals surface area contributed by atoms with E-state index in [2.05, 4.69) is 4.98 Å². The van der Waals surface area contributed by atoms with E-state index in [9.17, 15) is 9.59 Å². The molecule has 1 aliphatic rings. The monoisotopic (exact) mass is 316 g/mol. The highest BCUT2D eigenvalue weighted by Gasteiger charge is 2.32. The molecular formula is C16H16N2O3S. The van der Waals surface area contributed by atoms with Crippen LogP contribution in [0.2, 0.25) is 0 Å². The highest BCUT2D eigenvalue weighted by Crippen LogP contribution is 2.26. The van der Waals surface area contributed by atoms with Gasteiger partial charge in [-0.15, -0.1) is 11.3 Å². The van der Waals surface area contributed by atoms with E-state index in [1.807, 2.05) is 30.3 Å². The number of hydrogen-bond acceptors (Lipinski definition) is 4. The van der Waals surface area contributed by atoms with E-state index in [1.54, 1.807) is 10.3 Å². The van der Waals surface area contributed by atoms with Crippen LogP contribution < -0.4 is 0 Å². The van der Waals surface area contributed by atoms with Gasteiger partial charge in [0, 0.05) is 23.5 Å². The lowest BCUT2D eigenvalue weighted by Crippen LogP contribution is -2.37. The summed E-state index contributed by atoms with van der Waals surface area (Å²) in [7, 11) is 0. The van der Waals surface area contributed by atoms with Crippen LogP contribution in [-0.2, 0) is 4.79 Å². The SMILES string of the molecule is O=C(O)CC1CCCN1C(=O)c1csc(-c2ccccc2)n1. The number of benzene rings is 1. The van der Waals surface area contributed by atoms with Crippen LogP contribution >= 0.6 is 11.3 Å². The lowest BCUT2D eigenvalue weighted by molar-refractivity contribution is -0.137. The van der Waals surface area contributed by atoms with Crippen molar-refractivity contribution in [3.05, 3.63) is 41.4 Å². The quantitative estimate of drug-likeness (QED) is 0.941. The smallest absolute Gasteiger partial charge is 0.305 e. The van der Waals surface area contributed by atoms with Crippen molar-refractivity contribution in [1.29, 1.82) is 0 Å². The van der Waals surface area contributed by atoms with Crippen LogP contribution in [0.25, 0.3) is 10.6 Å². The Hall–Kier alpha value is -2.21. The molecular weight excluding hydrogens is 300 g/mol. The molecule has 0 aliphatic carbocycles. The Morgan fingerprint density at radius 2 is 2.09 bits per heavy atom. The lowest BCUT2D eigenvalue weighted by atomic mass is 10.1. The average Bonchev–Trinajstić information content (AvgIpc) is 3.16. The zero-order chi connectivity index (χ0) is 15.5. The van der Waals surface area contributed by atoms with E-state index in [0.717, 1.165) is 23.4 Å². The summed E-state index contributed by atoms with van der Waals surface area (Å²) in [5, 5.41) is 11.5. The van der Waals surface area contributed by atoms with Crippen molar-refractivity contribution in [2.24, 2.45) is 0 Å². The first kappa shape index (κ1) is 14.7. The second-order valence-corrected chi connectivity index (χ2v) is 6.15. The molecule has 1 unspecified atom stereocenters. The number of carbonyl (C=O) groups is 2. The highest BCUT2D eigenvalue weighted by atomic mass is 32.1. The molecule has 1 fully saturated rings. The number of likely N-dealkylation sites (tertiary alicyclic amines) is 1. The van der Waals surface area contributed by atoms with Gasteiger partial charge in [0.25, 0.3) is 5.91 Å². The van der Waals surface area contributed by atoms with Crippen molar-refractivity contribution in [1.82, 2.24) is 9.88 Å². The Morgan fingerprint density at radius 3 is 2.82 bits per heavy atom. The largest absolute Gasteiger partial charge is 0.481 e. The fourth-order valence-corrected chi connectivity index (χ4v) is 3.55. The maximum atomic E-state index is 12.6. The first-order chi connectivity index (χ1) is 10.6. The molecule has 0 bridgehead atoms. The zero-order valence-corrected chi connectivity index (χ0v) is 12.8. The van der Waals surface area contributed by atoms with Crippen molar-refractivity contribution >= 4 is 23.2 Å². The molecule has 114 valence electrons. The van der Waals surface area contributed by atoms with Crippen LogP contribution in [-0.4, -0.2) is 39.5 Å². The summed E-state index contributed by atoms with van der Waals surface area (Å²) in [6, 6.07) is 9.49. The summed E-state index contributed by atoms with van der Waals surface area (Å²) >= 11 is 1.43. The Morgan fingerprint density at radius 1 is 1.32 bits per heavy atom. The van der Waals surface area contributed by atoms with Gasteiger partial charge in [0.15, 0.2) is 0 Å². The zero-order valence-electron chi connectivity index (χ0n) is 11.9. The Bertz CT molecular complexity index is 684. The maximum absolute atomic E-state index is 12.6. The number of thiazole rings is 1. The first-order valence-electron chi connectivity index (χ1n) is 7.19. The number of carbonyl (C=O) groups excluding carboxylic acids is 1. The summed E-state index contributed by atoms with van der Waals surface area (Å²) in [4.78, 5) is 29.5. The number of rotatable bonds is 4. The van der Waals surface area contributed by atoms with Crippen LogP contribution in [0.1, 0.15) is 29.8 Å². The van der Waals surface area contributed by atoms with Gasteiger partial charge in [0.05, 0.1) is 6.42 Å². The van der Waals surface area contributed by atoms with Gasteiger partial charge in [-0.3, -0.25) is 9.59 Å². The third-order valence-electron chi connectivity index (χ3n) is 3.79. The minimum atomic E-state index is -0.868. The van der Waals surface area contributed by atoms with Gasteiger partial charge in [-0.2, -0.15) is 0 Å². The predicted octanol–water partition coefficient (Wildman–Crippen LogP) is 2.89. The minimum absolute atomic E-state index is 0.00141. The van der Waals surface area contributed by atoms with Crippen LogP contribution in [0, 0.1) is 0 Å². The van der Waals surface area contributed by atoms with Gasteiger partial charge in [0.2, 0.25) is 0 Å². The standard InChI is InChI=1S/C16H16N2O3S/c19-14(20)9-12-7-4-8-18(12)16(21)13-10-22-15(17-13)11-5-2-1-3-6-11/h1-3,5-6,10,12H,4,7-9H2,(H,19,20). The Labute approximate surface area is 132 Å². The maximum Gasteiger partial charge on any atom is 0.305 e. The molecule has 0 spiro atoms. The van der Waals surface area contributed by atoms with Gasteiger partial charge < -0.3 is 10.0 Å². The highest BCUT2D eigenvalue weighted by molar-refractivity contribution is 7.13. The molecule has 1 aromatic carbocycles. The van der Waals surface area contributed by atoms with Gasteiger partial charge in [-0.1, -0.05) is 30.3 Å². The van der Waals surface area contributed by atoms with Crippen LogP contribution in [0.15, 0.2) is 35.7 Å². The van der Waals surface area contributed by atoms with Crippen molar-refractivity contribution in [2.45, 2.75) is 25.3 Å². The molecule has 3 rings (SSSR count). The van der Waals surface area contributed by atoms with Gasteiger partial charge in [-0.05, 0) is 12.8 Å². The summed E-state index contributed by atoms with van der Waals surface area (Å²) < 4.78 is 0. The molecule has 5 nitrogen and oxygen atoms in total. The summed E-state index contributed by atoms with van der Waals surface area (Å²) in [5.74, 6) is -1.03. The summed E-state index contributed by atoms with van der Waals surface area (Å²) in [6.45, 7) is 0.606. The van der Waals surface area contributed by atoms with Crippen LogP contribution in [0.4, 0.5) is 0 Å². The minimum Gasteiger partial charge on any atom is -0.481 e. The molecule has 1 saturated heterocycles. The lowest BCUT2D eigenvalue weighted by Gasteiger charge is -2.22. The number of carboxylic acids is 1. The number of aromatic nitrogens is 1. The van der Waals surface area contributed by atoms with E-state index in [-0.39, 0.29) is 18.4 Å². The topological polar surface area (TPSA) is 70.5 Å². The third-order valence-corrected chi connectivity index (χ3v) is 4.68. The number of amides is 1. The van der Waals surface area contributed by atoms with E-state index in [4.69, 9.17) is 5.11 Å². The van der Waals surface area contributed by atoms with Crippen molar-refractivity contribution < 1.29 is 14.7 Å². The molecule has 6 heteroatoms. The number of nitrogens with zero attached hydrogens (tertiary/aromatic N) is 2. The normalized spacial score (nSPS) is 17.6. The molecule has 0 radical (unpaired) electrons. The summed E-state index contributed by atoms with van der Waals surface area (Å²) in [6.07, 6.45) is 1.59. The van der Waals surface area contributed by atoms with Gasteiger partial charge >= 0.3 is 5.97 Å². The molecule has 2 aromatic rings. The van der Waals surface area contributed by atoms with E-state index in [0.29, 0.717) is 12.2 Å². The molecule has 2 heterocycles. The Balaban J connectivity index is 1.78. The fraction of sp³-hybridized carbons (Fsp3) is 0.312.